The summed E-state index contributed by atoms with van der Waals surface area (Å²) in [7, 11) is 1.88. The molecule has 162 valence electrons. The molecule has 2 heterocycles. The summed E-state index contributed by atoms with van der Waals surface area (Å²) in [4.78, 5) is 24.0. The zero-order valence-electron chi connectivity index (χ0n) is 17.5. The normalized spacial score (nSPS) is 20.5. The number of halogens is 1. The first kappa shape index (κ1) is 24.3. The van der Waals surface area contributed by atoms with Crippen LogP contribution >= 0.6 is 35.7 Å². The first-order chi connectivity index (χ1) is 13.7. The van der Waals surface area contributed by atoms with Crippen LogP contribution in [0.15, 0.2) is 40.2 Å². The first-order valence-corrected chi connectivity index (χ1v) is 11.3. The quantitative estimate of drug-likeness (QED) is 0.265. The monoisotopic (exact) mass is 531 g/mol. The van der Waals surface area contributed by atoms with E-state index in [1.165, 1.54) is 11.3 Å². The van der Waals surface area contributed by atoms with Crippen LogP contribution in [0.4, 0.5) is 0 Å². The summed E-state index contributed by atoms with van der Waals surface area (Å²) in [5.74, 6) is 3.09. The van der Waals surface area contributed by atoms with Gasteiger partial charge in [-0.05, 0) is 24.5 Å². The molecule has 2 aliphatic rings. The Bertz CT molecular complexity index is 652. The molecule has 2 aliphatic heterocycles. The topological polar surface area (TPSA) is 51.2 Å². The lowest BCUT2D eigenvalue weighted by atomic mass is 10.2. The van der Waals surface area contributed by atoms with Crippen molar-refractivity contribution < 1.29 is 4.79 Å². The van der Waals surface area contributed by atoms with E-state index in [-0.39, 0.29) is 29.9 Å². The minimum atomic E-state index is 0. The Balaban J connectivity index is 0.00000300. The van der Waals surface area contributed by atoms with Crippen LogP contribution in [0, 0.1) is 5.92 Å². The molecule has 8 heteroatoms. The second-order valence-electron chi connectivity index (χ2n) is 7.55. The number of hydrogen-bond acceptors (Lipinski definition) is 4. The minimum Gasteiger partial charge on any atom is -0.355 e. The average molecular weight is 532 g/mol. The van der Waals surface area contributed by atoms with E-state index >= 15 is 0 Å². The number of benzene rings is 1. The molecular weight excluding hydrogens is 497 g/mol. The number of rotatable bonds is 6. The van der Waals surface area contributed by atoms with Crippen molar-refractivity contribution in [3.8, 4) is 0 Å². The molecule has 1 aromatic rings. The summed E-state index contributed by atoms with van der Waals surface area (Å²) in [6.45, 7) is 9.31. The molecule has 0 radical (unpaired) electrons. The summed E-state index contributed by atoms with van der Waals surface area (Å²) in [6, 6.07) is 10.7. The van der Waals surface area contributed by atoms with Crippen molar-refractivity contribution in [2.24, 2.45) is 10.9 Å². The summed E-state index contributed by atoms with van der Waals surface area (Å²) >= 11 is 1.96. The van der Waals surface area contributed by atoms with Crippen molar-refractivity contribution in [2.45, 2.75) is 18.2 Å². The zero-order valence-corrected chi connectivity index (χ0v) is 20.7. The van der Waals surface area contributed by atoms with Crippen molar-refractivity contribution in [3.63, 3.8) is 0 Å². The smallest absolute Gasteiger partial charge is 0.219 e. The molecule has 0 aliphatic carbocycles. The van der Waals surface area contributed by atoms with Crippen LogP contribution in [0.3, 0.4) is 0 Å². The van der Waals surface area contributed by atoms with E-state index in [4.69, 9.17) is 0 Å². The third kappa shape index (κ3) is 7.64. The maximum atomic E-state index is 11.4. The number of thioether (sulfide) groups is 1. The molecule has 2 fully saturated rings. The maximum absolute atomic E-state index is 11.4. The molecule has 0 bridgehead atoms. The molecule has 1 aromatic carbocycles. The standard InChI is InChI=1S/C21H33N5OS.HI/c1-18(27)25-14-12-24(13-15-25)11-9-23-21(22-2)26-10-8-19(16-26)17-28-20-6-4-3-5-7-20;/h3-7,19H,8-17H2,1-2H3,(H,22,23);1H. The highest BCUT2D eigenvalue weighted by atomic mass is 127. The van der Waals surface area contributed by atoms with Crippen LogP contribution in [-0.2, 0) is 4.79 Å². The predicted octanol–water partition coefficient (Wildman–Crippen LogP) is 2.46. The lowest BCUT2D eigenvalue weighted by Crippen LogP contribution is -2.50. The number of carbonyl (C=O) groups is 1. The Kier molecular flexibility index (Phi) is 10.6. The molecular formula is C21H34IN5OS. The number of piperazine rings is 1. The number of amides is 1. The highest BCUT2D eigenvalue weighted by Crippen LogP contribution is 2.25. The van der Waals surface area contributed by atoms with Crippen LogP contribution in [0.2, 0.25) is 0 Å². The highest BCUT2D eigenvalue weighted by Gasteiger charge is 2.25. The van der Waals surface area contributed by atoms with Crippen molar-refractivity contribution >= 4 is 47.6 Å². The van der Waals surface area contributed by atoms with E-state index in [0.29, 0.717) is 5.92 Å². The van der Waals surface area contributed by atoms with Gasteiger partial charge in [0.15, 0.2) is 5.96 Å². The average Bonchev–Trinajstić information content (AvgIpc) is 3.19. The SMILES string of the molecule is CN=C(NCCN1CCN(C(C)=O)CC1)N1CCC(CSc2ccccc2)C1.I. The van der Waals surface area contributed by atoms with Gasteiger partial charge in [-0.1, -0.05) is 18.2 Å². The van der Waals surface area contributed by atoms with Crippen molar-refractivity contribution in [1.82, 2.24) is 20.0 Å². The second kappa shape index (κ2) is 12.6. The van der Waals surface area contributed by atoms with E-state index in [1.54, 1.807) is 6.92 Å². The Morgan fingerprint density at radius 2 is 1.86 bits per heavy atom. The van der Waals surface area contributed by atoms with Gasteiger partial charge in [0.25, 0.3) is 0 Å². The summed E-state index contributed by atoms with van der Waals surface area (Å²) in [6.07, 6.45) is 1.23. The van der Waals surface area contributed by atoms with Gasteiger partial charge in [0.1, 0.15) is 0 Å². The van der Waals surface area contributed by atoms with Gasteiger partial charge in [0, 0.05) is 77.0 Å². The molecule has 0 aromatic heterocycles. The minimum absolute atomic E-state index is 0. The maximum Gasteiger partial charge on any atom is 0.219 e. The Morgan fingerprint density at radius 3 is 2.52 bits per heavy atom. The van der Waals surface area contributed by atoms with Gasteiger partial charge in [-0.2, -0.15) is 0 Å². The fourth-order valence-electron chi connectivity index (χ4n) is 3.84. The molecule has 1 N–H and O–H groups in total. The molecule has 1 unspecified atom stereocenters. The second-order valence-corrected chi connectivity index (χ2v) is 8.64. The summed E-state index contributed by atoms with van der Waals surface area (Å²) in [5.41, 5.74) is 0. The molecule has 2 saturated heterocycles. The number of hydrogen-bond donors (Lipinski definition) is 1. The van der Waals surface area contributed by atoms with Crippen LogP contribution < -0.4 is 5.32 Å². The van der Waals surface area contributed by atoms with Crippen LogP contribution in [0.5, 0.6) is 0 Å². The van der Waals surface area contributed by atoms with Gasteiger partial charge in [0.2, 0.25) is 5.91 Å². The molecule has 29 heavy (non-hydrogen) atoms. The molecule has 0 spiro atoms. The number of aliphatic imine (C=N–C) groups is 1. The number of nitrogens with zero attached hydrogens (tertiary/aromatic N) is 4. The number of nitrogens with one attached hydrogen (secondary N) is 1. The van der Waals surface area contributed by atoms with Gasteiger partial charge in [-0.3, -0.25) is 14.7 Å². The van der Waals surface area contributed by atoms with Crippen molar-refractivity contribution in [2.75, 3.05) is 65.2 Å². The number of likely N-dealkylation sites (tertiary alicyclic amines) is 1. The highest BCUT2D eigenvalue weighted by molar-refractivity contribution is 14.0. The third-order valence-corrected chi connectivity index (χ3v) is 6.80. The van der Waals surface area contributed by atoms with E-state index < -0.39 is 0 Å². The summed E-state index contributed by atoms with van der Waals surface area (Å²) < 4.78 is 0. The Labute approximate surface area is 196 Å². The van der Waals surface area contributed by atoms with E-state index in [9.17, 15) is 4.79 Å². The molecule has 6 nitrogen and oxygen atoms in total. The van der Waals surface area contributed by atoms with Crippen LogP contribution in [0.1, 0.15) is 13.3 Å². The summed E-state index contributed by atoms with van der Waals surface area (Å²) in [5, 5.41) is 3.53. The van der Waals surface area contributed by atoms with E-state index in [1.807, 2.05) is 23.7 Å². The van der Waals surface area contributed by atoms with Gasteiger partial charge in [-0.25, -0.2) is 0 Å². The van der Waals surface area contributed by atoms with Gasteiger partial charge < -0.3 is 15.1 Å². The lowest BCUT2D eigenvalue weighted by molar-refractivity contribution is -0.130. The zero-order chi connectivity index (χ0) is 19.8. The van der Waals surface area contributed by atoms with E-state index in [2.05, 4.69) is 50.4 Å². The van der Waals surface area contributed by atoms with Gasteiger partial charge in [-0.15, -0.1) is 35.7 Å². The molecule has 1 amide bonds. The van der Waals surface area contributed by atoms with E-state index in [0.717, 1.165) is 64.1 Å². The molecule has 3 rings (SSSR count). The predicted molar refractivity (Wildman–Crippen MR) is 132 cm³/mol. The van der Waals surface area contributed by atoms with Crippen LogP contribution in [0.25, 0.3) is 0 Å². The van der Waals surface area contributed by atoms with Crippen molar-refractivity contribution in [1.29, 1.82) is 0 Å². The fraction of sp³-hybridized carbons (Fsp3) is 0.619. The molecule has 1 atom stereocenters. The largest absolute Gasteiger partial charge is 0.355 e. The third-order valence-electron chi connectivity index (χ3n) is 5.55. The lowest BCUT2D eigenvalue weighted by Gasteiger charge is -2.34. The Hall–Kier alpha value is -1.000. The fourth-order valence-corrected chi connectivity index (χ4v) is 4.89. The van der Waals surface area contributed by atoms with Gasteiger partial charge in [0.05, 0.1) is 0 Å². The molecule has 0 saturated carbocycles. The van der Waals surface area contributed by atoms with Crippen LogP contribution in [-0.4, -0.2) is 91.7 Å². The number of guanidine groups is 1. The van der Waals surface area contributed by atoms with Gasteiger partial charge >= 0.3 is 0 Å². The van der Waals surface area contributed by atoms with Crippen molar-refractivity contribution in [3.05, 3.63) is 30.3 Å². The first-order valence-electron chi connectivity index (χ1n) is 10.3. The number of carbonyl (C=O) groups excluding carboxylic acids is 1. The Morgan fingerprint density at radius 1 is 1.14 bits per heavy atom.